The predicted octanol–water partition coefficient (Wildman–Crippen LogP) is 5.03. The van der Waals surface area contributed by atoms with Gasteiger partial charge in [0.05, 0.1) is 12.7 Å². The van der Waals surface area contributed by atoms with Crippen LogP contribution in [0.1, 0.15) is 57.4 Å². The first kappa shape index (κ1) is 16.7. The zero-order valence-electron chi connectivity index (χ0n) is 13.8. The average molecular weight is 324 g/mol. The number of hydrogen-bond acceptors (Lipinski definition) is 2. The molecule has 128 valence electrons. The fourth-order valence-corrected chi connectivity index (χ4v) is 3.79. The second-order valence-electron chi connectivity index (χ2n) is 6.92. The molecule has 1 atom stereocenters. The first-order valence-corrected chi connectivity index (χ1v) is 8.92. The zero-order valence-corrected chi connectivity index (χ0v) is 13.8. The molecule has 1 aliphatic heterocycles. The highest BCUT2D eigenvalue weighted by Crippen LogP contribution is 2.32. The molecule has 0 bridgehead atoms. The molecule has 2 aliphatic rings. The highest BCUT2D eigenvalue weighted by atomic mass is 19.2. The van der Waals surface area contributed by atoms with Crippen LogP contribution >= 0.6 is 0 Å². The van der Waals surface area contributed by atoms with E-state index in [1.54, 1.807) is 0 Å². The van der Waals surface area contributed by atoms with Crippen LogP contribution in [0.3, 0.4) is 0 Å². The van der Waals surface area contributed by atoms with Gasteiger partial charge in [-0.2, -0.15) is 0 Å². The van der Waals surface area contributed by atoms with Gasteiger partial charge in [0.25, 0.3) is 0 Å². The van der Waals surface area contributed by atoms with Crippen LogP contribution in [-0.2, 0) is 11.2 Å². The normalized spacial score (nSPS) is 27.3. The number of fused-ring (bicyclic) bond motifs is 1. The highest BCUT2D eigenvalue weighted by Gasteiger charge is 2.25. The van der Waals surface area contributed by atoms with Crippen LogP contribution < -0.4 is 4.74 Å². The highest BCUT2D eigenvalue weighted by molar-refractivity contribution is 5.36. The summed E-state index contributed by atoms with van der Waals surface area (Å²) in [4.78, 5) is 0. The summed E-state index contributed by atoms with van der Waals surface area (Å²) in [7, 11) is 0. The molecular weight excluding hydrogens is 298 g/mol. The third kappa shape index (κ3) is 4.23. The Bertz CT molecular complexity index is 524. The van der Waals surface area contributed by atoms with Gasteiger partial charge in [0.1, 0.15) is 11.9 Å². The smallest absolute Gasteiger partial charge is 0.162 e. The van der Waals surface area contributed by atoms with E-state index in [0.717, 1.165) is 36.8 Å². The standard InChI is InChI=1S/C19H26F2O2/c1-2-3-13-4-7-15(8-5-13)22-12-16-9-6-14-10-17(20)18(21)11-19(14)23-16/h10-11,13,15-16H,2-9,12H2,1H3. The minimum absolute atomic E-state index is 0.0549. The molecular formula is C19H26F2O2. The van der Waals surface area contributed by atoms with E-state index in [2.05, 4.69) is 6.92 Å². The lowest BCUT2D eigenvalue weighted by Crippen LogP contribution is -2.31. The summed E-state index contributed by atoms with van der Waals surface area (Å²) in [5.41, 5.74) is 0.750. The number of hydrogen-bond donors (Lipinski definition) is 0. The molecule has 0 radical (unpaired) electrons. The Morgan fingerprint density at radius 3 is 2.57 bits per heavy atom. The Kier molecular flexibility index (Phi) is 5.52. The van der Waals surface area contributed by atoms with Crippen molar-refractivity contribution in [3.8, 4) is 5.75 Å². The SMILES string of the molecule is CCCC1CCC(OCC2CCc3cc(F)c(F)cc3O2)CC1. The summed E-state index contributed by atoms with van der Waals surface area (Å²) >= 11 is 0. The van der Waals surface area contributed by atoms with E-state index in [4.69, 9.17) is 9.47 Å². The molecule has 1 unspecified atom stereocenters. The van der Waals surface area contributed by atoms with Crippen LogP contribution in [0, 0.1) is 17.6 Å². The van der Waals surface area contributed by atoms with Crippen LogP contribution in [-0.4, -0.2) is 18.8 Å². The maximum atomic E-state index is 13.3. The lowest BCUT2D eigenvalue weighted by molar-refractivity contribution is -0.0274. The van der Waals surface area contributed by atoms with E-state index in [0.29, 0.717) is 24.9 Å². The van der Waals surface area contributed by atoms with E-state index in [1.807, 2.05) is 0 Å². The maximum Gasteiger partial charge on any atom is 0.162 e. The van der Waals surface area contributed by atoms with Gasteiger partial charge in [-0.1, -0.05) is 19.8 Å². The van der Waals surface area contributed by atoms with Gasteiger partial charge in [-0.05, 0) is 56.1 Å². The van der Waals surface area contributed by atoms with Crippen molar-refractivity contribution in [3.05, 3.63) is 29.3 Å². The molecule has 1 fully saturated rings. The molecule has 0 aromatic heterocycles. The van der Waals surface area contributed by atoms with E-state index < -0.39 is 11.6 Å². The number of rotatable bonds is 5. The fourth-order valence-electron chi connectivity index (χ4n) is 3.79. The molecule has 1 aliphatic carbocycles. The first-order valence-electron chi connectivity index (χ1n) is 8.92. The van der Waals surface area contributed by atoms with Crippen LogP contribution in [0.5, 0.6) is 5.75 Å². The Balaban J connectivity index is 1.46. The minimum atomic E-state index is -0.848. The molecule has 0 spiro atoms. The fraction of sp³-hybridized carbons (Fsp3) is 0.684. The van der Waals surface area contributed by atoms with Gasteiger partial charge >= 0.3 is 0 Å². The van der Waals surface area contributed by atoms with Gasteiger partial charge in [-0.15, -0.1) is 0 Å². The number of ether oxygens (including phenoxy) is 2. The molecule has 1 heterocycles. The molecule has 1 aromatic rings. The molecule has 0 amide bonds. The molecule has 1 aromatic carbocycles. The van der Waals surface area contributed by atoms with Crippen LogP contribution in [0.4, 0.5) is 8.78 Å². The monoisotopic (exact) mass is 324 g/mol. The molecule has 2 nitrogen and oxygen atoms in total. The van der Waals surface area contributed by atoms with Crippen molar-refractivity contribution in [2.45, 2.75) is 70.5 Å². The number of aryl methyl sites for hydroxylation is 1. The zero-order chi connectivity index (χ0) is 16.2. The summed E-state index contributed by atoms with van der Waals surface area (Å²) in [5.74, 6) is -0.309. The lowest BCUT2D eigenvalue weighted by Gasteiger charge is -2.31. The Morgan fingerprint density at radius 1 is 1.09 bits per heavy atom. The molecule has 0 saturated heterocycles. The van der Waals surface area contributed by atoms with E-state index in [9.17, 15) is 8.78 Å². The topological polar surface area (TPSA) is 18.5 Å². The summed E-state index contributed by atoms with van der Waals surface area (Å²) in [6, 6.07) is 2.41. The van der Waals surface area contributed by atoms with Gasteiger partial charge in [-0.3, -0.25) is 0 Å². The molecule has 23 heavy (non-hydrogen) atoms. The van der Waals surface area contributed by atoms with Gasteiger partial charge in [0.2, 0.25) is 0 Å². The van der Waals surface area contributed by atoms with Crippen molar-refractivity contribution in [3.63, 3.8) is 0 Å². The lowest BCUT2D eigenvalue weighted by atomic mass is 9.85. The number of benzene rings is 1. The van der Waals surface area contributed by atoms with Gasteiger partial charge < -0.3 is 9.47 Å². The van der Waals surface area contributed by atoms with E-state index in [-0.39, 0.29) is 6.10 Å². The van der Waals surface area contributed by atoms with Gasteiger partial charge in [-0.25, -0.2) is 8.78 Å². The molecule has 1 saturated carbocycles. The second-order valence-corrected chi connectivity index (χ2v) is 6.92. The Morgan fingerprint density at radius 2 is 1.83 bits per heavy atom. The van der Waals surface area contributed by atoms with Crippen LogP contribution in [0.25, 0.3) is 0 Å². The summed E-state index contributed by atoms with van der Waals surface area (Å²) in [5, 5.41) is 0. The molecule has 3 rings (SSSR count). The minimum Gasteiger partial charge on any atom is -0.488 e. The Hall–Kier alpha value is -1.16. The van der Waals surface area contributed by atoms with E-state index >= 15 is 0 Å². The molecule has 4 heteroatoms. The van der Waals surface area contributed by atoms with Crippen molar-refractivity contribution >= 4 is 0 Å². The third-order valence-electron chi connectivity index (χ3n) is 5.14. The third-order valence-corrected chi connectivity index (χ3v) is 5.14. The van der Waals surface area contributed by atoms with Crippen LogP contribution in [0.2, 0.25) is 0 Å². The molecule has 0 N–H and O–H groups in total. The first-order chi connectivity index (χ1) is 11.2. The summed E-state index contributed by atoms with van der Waals surface area (Å²) in [6.45, 7) is 2.79. The largest absolute Gasteiger partial charge is 0.488 e. The summed E-state index contributed by atoms with van der Waals surface area (Å²) in [6.07, 6.45) is 9.17. The van der Waals surface area contributed by atoms with Crippen molar-refractivity contribution in [2.75, 3.05) is 6.61 Å². The Labute approximate surface area is 137 Å². The van der Waals surface area contributed by atoms with Crippen molar-refractivity contribution in [1.82, 2.24) is 0 Å². The average Bonchev–Trinajstić information content (AvgIpc) is 2.56. The number of halogens is 2. The van der Waals surface area contributed by atoms with Gasteiger partial charge in [0, 0.05) is 6.07 Å². The second kappa shape index (κ2) is 7.61. The summed E-state index contributed by atoms with van der Waals surface area (Å²) < 4.78 is 38.4. The van der Waals surface area contributed by atoms with Crippen molar-refractivity contribution in [2.24, 2.45) is 5.92 Å². The van der Waals surface area contributed by atoms with Gasteiger partial charge in [0.15, 0.2) is 11.6 Å². The van der Waals surface area contributed by atoms with Crippen molar-refractivity contribution < 1.29 is 18.3 Å². The van der Waals surface area contributed by atoms with E-state index in [1.165, 1.54) is 31.7 Å². The van der Waals surface area contributed by atoms with Crippen molar-refractivity contribution in [1.29, 1.82) is 0 Å². The quantitative estimate of drug-likeness (QED) is 0.756. The van der Waals surface area contributed by atoms with Crippen LogP contribution in [0.15, 0.2) is 12.1 Å². The predicted molar refractivity (Wildman–Crippen MR) is 85.7 cm³/mol. The maximum absolute atomic E-state index is 13.3.